The van der Waals surface area contributed by atoms with Gasteiger partial charge in [0.2, 0.25) is 0 Å². The summed E-state index contributed by atoms with van der Waals surface area (Å²) in [6.07, 6.45) is -0.186. The third-order valence-corrected chi connectivity index (χ3v) is 2.83. The van der Waals surface area contributed by atoms with Crippen molar-refractivity contribution in [3.63, 3.8) is 0 Å². The molecule has 0 atom stereocenters. The zero-order valence-electron chi connectivity index (χ0n) is 13.2. The van der Waals surface area contributed by atoms with Crippen LogP contribution in [0.5, 0.6) is 0 Å². The topological polar surface area (TPSA) is 64.7 Å². The van der Waals surface area contributed by atoms with Gasteiger partial charge in [0.1, 0.15) is 11.4 Å². The molecule has 0 spiro atoms. The fourth-order valence-corrected chi connectivity index (χ4v) is 2.11. The Morgan fingerprint density at radius 2 is 1.70 bits per heavy atom. The van der Waals surface area contributed by atoms with Crippen LogP contribution in [0.1, 0.15) is 43.0 Å². The number of carbonyl (C=O) groups is 1. The number of aliphatic imine (C=N–C) groups is 1. The van der Waals surface area contributed by atoms with Crippen LogP contribution in [0.3, 0.4) is 0 Å². The van der Waals surface area contributed by atoms with E-state index in [1.165, 1.54) is 5.56 Å². The van der Waals surface area contributed by atoms with Crippen LogP contribution in [0, 0.1) is 20.8 Å². The van der Waals surface area contributed by atoms with Crippen LogP contribution in [-0.2, 0) is 11.2 Å². The third-order valence-electron chi connectivity index (χ3n) is 2.83. The zero-order valence-corrected chi connectivity index (χ0v) is 13.2. The fraction of sp³-hybridized carbons (Fsp3) is 0.500. The maximum atomic E-state index is 11.6. The van der Waals surface area contributed by atoms with Crippen molar-refractivity contribution in [3.8, 4) is 0 Å². The molecule has 20 heavy (non-hydrogen) atoms. The molecule has 1 rings (SSSR count). The first-order valence-electron chi connectivity index (χ1n) is 6.71. The minimum atomic E-state index is -0.641. The molecular formula is C16H24N2O2. The summed E-state index contributed by atoms with van der Waals surface area (Å²) in [5.41, 5.74) is 9.93. The molecule has 0 fully saturated rings. The van der Waals surface area contributed by atoms with Crippen molar-refractivity contribution in [2.45, 2.75) is 53.6 Å². The summed E-state index contributed by atoms with van der Waals surface area (Å²) in [6, 6.07) is 4.20. The quantitative estimate of drug-likeness (QED) is 0.664. The lowest BCUT2D eigenvalue weighted by Crippen LogP contribution is -2.25. The standard InChI is InChI=1S/C16H24N2O2/c1-10-7-11(2)13(12(3)8-10)9-14(17)18-15(19)20-16(4,5)6/h7-8H,9H2,1-6H3,(H2,17,18,19). The number of nitrogens with two attached hydrogens (primary N) is 1. The molecule has 0 saturated carbocycles. The Labute approximate surface area is 121 Å². The average molecular weight is 276 g/mol. The lowest BCUT2D eigenvalue weighted by molar-refractivity contribution is 0.0604. The maximum Gasteiger partial charge on any atom is 0.435 e. The molecule has 0 aromatic heterocycles. The van der Waals surface area contributed by atoms with Gasteiger partial charge in [0.05, 0.1) is 0 Å². The van der Waals surface area contributed by atoms with Crippen molar-refractivity contribution in [1.29, 1.82) is 0 Å². The van der Waals surface area contributed by atoms with E-state index in [1.807, 2.05) is 13.8 Å². The van der Waals surface area contributed by atoms with E-state index in [0.29, 0.717) is 6.42 Å². The van der Waals surface area contributed by atoms with Crippen LogP contribution in [0.2, 0.25) is 0 Å². The first-order chi connectivity index (χ1) is 9.08. The van der Waals surface area contributed by atoms with Crippen molar-refractivity contribution in [2.75, 3.05) is 0 Å². The lowest BCUT2D eigenvalue weighted by Gasteiger charge is -2.17. The van der Waals surface area contributed by atoms with Gasteiger partial charge in [-0.2, -0.15) is 4.99 Å². The zero-order chi connectivity index (χ0) is 15.5. The van der Waals surface area contributed by atoms with E-state index in [2.05, 4.69) is 24.0 Å². The molecule has 1 aromatic carbocycles. The highest BCUT2D eigenvalue weighted by Crippen LogP contribution is 2.17. The molecule has 0 aliphatic rings. The largest absolute Gasteiger partial charge is 0.442 e. The maximum absolute atomic E-state index is 11.6. The Morgan fingerprint density at radius 3 is 2.15 bits per heavy atom. The summed E-state index contributed by atoms with van der Waals surface area (Å²) in [5, 5.41) is 0. The number of ether oxygens (including phenoxy) is 1. The lowest BCUT2D eigenvalue weighted by atomic mass is 9.97. The van der Waals surface area contributed by atoms with Gasteiger partial charge in [-0.05, 0) is 58.2 Å². The van der Waals surface area contributed by atoms with Crippen LogP contribution >= 0.6 is 0 Å². The Hall–Kier alpha value is -1.84. The molecule has 0 unspecified atom stereocenters. The molecule has 1 aromatic rings. The number of amidine groups is 1. The van der Waals surface area contributed by atoms with E-state index >= 15 is 0 Å². The predicted octanol–water partition coefficient (Wildman–Crippen LogP) is 3.45. The van der Waals surface area contributed by atoms with Crippen LogP contribution < -0.4 is 5.73 Å². The van der Waals surface area contributed by atoms with E-state index in [0.717, 1.165) is 16.7 Å². The second-order valence-electron chi connectivity index (χ2n) is 6.14. The summed E-state index contributed by atoms with van der Waals surface area (Å²) in [4.78, 5) is 15.4. The van der Waals surface area contributed by atoms with Crippen LogP contribution in [0.15, 0.2) is 17.1 Å². The number of nitrogens with zero attached hydrogens (tertiary/aromatic N) is 1. The van der Waals surface area contributed by atoms with Crippen molar-refractivity contribution in [1.82, 2.24) is 0 Å². The van der Waals surface area contributed by atoms with Crippen LogP contribution in [0.4, 0.5) is 4.79 Å². The van der Waals surface area contributed by atoms with E-state index < -0.39 is 11.7 Å². The Balaban J connectivity index is 2.86. The first kappa shape index (κ1) is 16.2. The highest BCUT2D eigenvalue weighted by atomic mass is 16.6. The number of hydrogen-bond donors (Lipinski definition) is 1. The SMILES string of the molecule is Cc1cc(C)c(C/C(N)=N/C(=O)OC(C)(C)C)c(C)c1. The number of amides is 1. The van der Waals surface area contributed by atoms with Gasteiger partial charge in [-0.25, -0.2) is 4.79 Å². The Morgan fingerprint density at radius 1 is 1.20 bits per heavy atom. The smallest absolute Gasteiger partial charge is 0.435 e. The van der Waals surface area contributed by atoms with Crippen molar-refractivity contribution in [2.24, 2.45) is 10.7 Å². The highest BCUT2D eigenvalue weighted by Gasteiger charge is 2.16. The van der Waals surface area contributed by atoms with Gasteiger partial charge in [0.15, 0.2) is 0 Å². The Kier molecular flexibility index (Phi) is 4.93. The van der Waals surface area contributed by atoms with E-state index in [9.17, 15) is 4.79 Å². The van der Waals surface area contributed by atoms with Gasteiger partial charge in [0, 0.05) is 6.42 Å². The monoisotopic (exact) mass is 276 g/mol. The highest BCUT2D eigenvalue weighted by molar-refractivity contribution is 5.92. The number of carbonyl (C=O) groups excluding carboxylic acids is 1. The third kappa shape index (κ3) is 5.03. The van der Waals surface area contributed by atoms with Gasteiger partial charge >= 0.3 is 6.09 Å². The van der Waals surface area contributed by atoms with Crippen LogP contribution in [-0.4, -0.2) is 17.5 Å². The minimum Gasteiger partial charge on any atom is -0.442 e. The molecule has 0 bridgehead atoms. The predicted molar refractivity (Wildman–Crippen MR) is 82.2 cm³/mol. The minimum absolute atomic E-state index is 0.273. The molecule has 4 nitrogen and oxygen atoms in total. The first-order valence-corrected chi connectivity index (χ1v) is 6.71. The summed E-state index contributed by atoms with van der Waals surface area (Å²) in [6.45, 7) is 11.5. The van der Waals surface area contributed by atoms with Gasteiger partial charge in [-0.15, -0.1) is 0 Å². The summed E-state index contributed by atoms with van der Waals surface area (Å²) < 4.78 is 5.12. The van der Waals surface area contributed by atoms with Gasteiger partial charge in [-0.1, -0.05) is 17.7 Å². The summed E-state index contributed by atoms with van der Waals surface area (Å²) in [7, 11) is 0. The van der Waals surface area contributed by atoms with Crippen molar-refractivity contribution >= 4 is 11.9 Å². The molecule has 0 aliphatic heterocycles. The normalized spacial score (nSPS) is 12.4. The molecule has 2 N–H and O–H groups in total. The van der Waals surface area contributed by atoms with E-state index in [-0.39, 0.29) is 5.84 Å². The molecule has 0 aliphatic carbocycles. The van der Waals surface area contributed by atoms with Crippen molar-refractivity contribution < 1.29 is 9.53 Å². The number of benzene rings is 1. The van der Waals surface area contributed by atoms with Gasteiger partial charge in [0.25, 0.3) is 0 Å². The average Bonchev–Trinajstić information content (AvgIpc) is 2.20. The number of aryl methyl sites for hydroxylation is 3. The molecule has 0 radical (unpaired) electrons. The summed E-state index contributed by atoms with van der Waals surface area (Å²) >= 11 is 0. The molecular weight excluding hydrogens is 252 g/mol. The second kappa shape index (κ2) is 6.07. The molecule has 4 heteroatoms. The molecule has 1 amide bonds. The molecule has 110 valence electrons. The summed E-state index contributed by atoms with van der Waals surface area (Å²) in [5.74, 6) is 0.273. The molecule has 0 saturated heterocycles. The fourth-order valence-electron chi connectivity index (χ4n) is 2.11. The van der Waals surface area contributed by atoms with Gasteiger partial charge in [-0.3, -0.25) is 0 Å². The van der Waals surface area contributed by atoms with Crippen LogP contribution in [0.25, 0.3) is 0 Å². The van der Waals surface area contributed by atoms with Gasteiger partial charge < -0.3 is 10.5 Å². The number of hydrogen-bond acceptors (Lipinski definition) is 2. The number of rotatable bonds is 2. The van der Waals surface area contributed by atoms with E-state index in [1.54, 1.807) is 20.8 Å². The second-order valence-corrected chi connectivity index (χ2v) is 6.14. The van der Waals surface area contributed by atoms with Crippen molar-refractivity contribution in [3.05, 3.63) is 34.4 Å². The van der Waals surface area contributed by atoms with E-state index in [4.69, 9.17) is 10.5 Å². The molecule has 0 heterocycles. The Bertz CT molecular complexity index is 517.